The number of carbonyl (C=O) groups is 2. The van der Waals surface area contributed by atoms with E-state index in [-0.39, 0.29) is 11.6 Å². The molecule has 5 nitrogen and oxygen atoms in total. The van der Waals surface area contributed by atoms with Crippen LogP contribution in [0.15, 0.2) is 30.3 Å². The minimum Gasteiger partial charge on any atom is -0.444 e. The summed E-state index contributed by atoms with van der Waals surface area (Å²) in [5.74, 6) is -0.633. The van der Waals surface area contributed by atoms with Gasteiger partial charge in [-0.15, -0.1) is 11.3 Å². The minimum atomic E-state index is -0.650. The smallest absolute Gasteiger partial charge is 0.412 e. The molecule has 0 saturated carbocycles. The Balaban J connectivity index is 2.29. The topological polar surface area (TPSA) is 64.6 Å². The van der Waals surface area contributed by atoms with Crippen LogP contribution in [-0.2, 0) is 9.53 Å². The third-order valence-electron chi connectivity index (χ3n) is 2.69. The molecule has 0 aliphatic heterocycles. The van der Waals surface area contributed by atoms with Crippen molar-refractivity contribution < 1.29 is 23.5 Å². The summed E-state index contributed by atoms with van der Waals surface area (Å²) in [6.45, 7) is 6.51. The van der Waals surface area contributed by atoms with E-state index in [0.29, 0.717) is 5.00 Å². The van der Waals surface area contributed by atoms with Crippen molar-refractivity contribution in [1.29, 1.82) is 0 Å². The average molecular weight is 351 g/mol. The van der Waals surface area contributed by atoms with Crippen LogP contribution in [0.5, 0.6) is 5.75 Å². The fourth-order valence-electron chi connectivity index (χ4n) is 1.84. The van der Waals surface area contributed by atoms with Crippen molar-refractivity contribution >= 4 is 28.4 Å². The number of halogens is 1. The van der Waals surface area contributed by atoms with Gasteiger partial charge in [-0.3, -0.25) is 10.1 Å². The van der Waals surface area contributed by atoms with E-state index in [1.54, 1.807) is 39.0 Å². The zero-order chi connectivity index (χ0) is 17.9. The number of hydrogen-bond acceptors (Lipinski definition) is 5. The second-order valence-electron chi connectivity index (χ2n) is 6.03. The molecule has 0 aliphatic carbocycles. The molecule has 1 heterocycles. The standard InChI is InChI=1S/C17H18FNO4S/c1-10(20)22-13-9-14(11-5-7-12(18)8-6-11)24-15(13)19-16(21)23-17(2,3)4/h5-9H,1-4H3,(H,19,21). The monoisotopic (exact) mass is 351 g/mol. The SMILES string of the molecule is CC(=O)Oc1cc(-c2ccc(F)cc2)sc1NC(=O)OC(C)(C)C. The van der Waals surface area contributed by atoms with Crippen molar-refractivity contribution in [2.75, 3.05) is 5.32 Å². The first kappa shape index (κ1) is 17.9. The Morgan fingerprint density at radius 2 is 1.79 bits per heavy atom. The van der Waals surface area contributed by atoms with Crippen LogP contribution in [0.2, 0.25) is 0 Å². The predicted molar refractivity (Wildman–Crippen MR) is 90.9 cm³/mol. The first-order valence-electron chi connectivity index (χ1n) is 7.22. The van der Waals surface area contributed by atoms with Crippen LogP contribution in [0.3, 0.4) is 0 Å². The van der Waals surface area contributed by atoms with Crippen LogP contribution in [0, 0.1) is 5.82 Å². The number of rotatable bonds is 3. The van der Waals surface area contributed by atoms with Gasteiger partial charge < -0.3 is 9.47 Å². The van der Waals surface area contributed by atoms with Crippen LogP contribution in [-0.4, -0.2) is 17.7 Å². The molecule has 0 saturated heterocycles. The van der Waals surface area contributed by atoms with Gasteiger partial charge in [-0.1, -0.05) is 12.1 Å². The van der Waals surface area contributed by atoms with Gasteiger partial charge in [0.1, 0.15) is 16.4 Å². The van der Waals surface area contributed by atoms with Gasteiger partial charge in [0.15, 0.2) is 5.75 Å². The highest BCUT2D eigenvalue weighted by Gasteiger charge is 2.20. The Hall–Kier alpha value is -2.41. The zero-order valence-electron chi connectivity index (χ0n) is 13.8. The van der Waals surface area contributed by atoms with Crippen molar-refractivity contribution in [3.8, 4) is 16.2 Å². The fourth-order valence-corrected chi connectivity index (χ4v) is 2.82. The summed E-state index contributed by atoms with van der Waals surface area (Å²) in [5.41, 5.74) is 0.0926. The summed E-state index contributed by atoms with van der Waals surface area (Å²) >= 11 is 1.20. The highest BCUT2D eigenvalue weighted by molar-refractivity contribution is 7.20. The van der Waals surface area contributed by atoms with Gasteiger partial charge in [0.25, 0.3) is 0 Å². The Morgan fingerprint density at radius 1 is 1.17 bits per heavy atom. The Morgan fingerprint density at radius 3 is 2.33 bits per heavy atom. The van der Waals surface area contributed by atoms with E-state index in [2.05, 4.69) is 5.32 Å². The number of carbonyl (C=O) groups excluding carboxylic acids is 2. The number of benzene rings is 1. The van der Waals surface area contributed by atoms with Crippen molar-refractivity contribution in [3.63, 3.8) is 0 Å². The molecule has 0 spiro atoms. The molecule has 0 aliphatic rings. The maximum Gasteiger partial charge on any atom is 0.412 e. The van der Waals surface area contributed by atoms with Crippen molar-refractivity contribution in [2.24, 2.45) is 0 Å². The number of hydrogen-bond donors (Lipinski definition) is 1. The highest BCUT2D eigenvalue weighted by Crippen LogP contribution is 2.41. The van der Waals surface area contributed by atoms with E-state index in [0.717, 1.165) is 10.4 Å². The lowest BCUT2D eigenvalue weighted by Gasteiger charge is -2.19. The van der Waals surface area contributed by atoms with Crippen LogP contribution >= 0.6 is 11.3 Å². The quantitative estimate of drug-likeness (QED) is 0.805. The molecule has 7 heteroatoms. The van der Waals surface area contributed by atoms with E-state index < -0.39 is 17.7 Å². The molecule has 1 aromatic carbocycles. The summed E-state index contributed by atoms with van der Waals surface area (Å²) < 4.78 is 23.4. The van der Waals surface area contributed by atoms with E-state index >= 15 is 0 Å². The average Bonchev–Trinajstić information content (AvgIpc) is 2.79. The van der Waals surface area contributed by atoms with Crippen molar-refractivity contribution in [1.82, 2.24) is 0 Å². The third kappa shape index (κ3) is 5.06. The molecule has 128 valence electrons. The van der Waals surface area contributed by atoms with Gasteiger partial charge >= 0.3 is 12.1 Å². The molecule has 0 fully saturated rings. The van der Waals surface area contributed by atoms with E-state index in [9.17, 15) is 14.0 Å². The molecule has 0 atom stereocenters. The molecule has 0 radical (unpaired) electrons. The molecule has 2 rings (SSSR count). The molecule has 0 unspecified atom stereocenters. The number of thiophene rings is 1. The maximum absolute atomic E-state index is 13.0. The van der Waals surface area contributed by atoms with Gasteiger partial charge in [0, 0.05) is 17.9 Å². The van der Waals surface area contributed by atoms with Gasteiger partial charge in [0.2, 0.25) is 0 Å². The first-order valence-corrected chi connectivity index (χ1v) is 8.04. The number of ether oxygens (including phenoxy) is 2. The van der Waals surface area contributed by atoms with E-state index in [1.165, 1.54) is 30.4 Å². The van der Waals surface area contributed by atoms with Gasteiger partial charge in [-0.05, 0) is 38.5 Å². The van der Waals surface area contributed by atoms with Gasteiger partial charge in [-0.2, -0.15) is 0 Å². The maximum atomic E-state index is 13.0. The summed E-state index contributed by atoms with van der Waals surface area (Å²) in [6, 6.07) is 7.50. The lowest BCUT2D eigenvalue weighted by Crippen LogP contribution is -2.27. The molecule has 0 bridgehead atoms. The Bertz CT molecular complexity index is 747. The van der Waals surface area contributed by atoms with E-state index in [1.807, 2.05) is 0 Å². The van der Waals surface area contributed by atoms with Crippen LogP contribution in [0.1, 0.15) is 27.7 Å². The molecule has 1 amide bonds. The minimum absolute atomic E-state index is 0.220. The highest BCUT2D eigenvalue weighted by atomic mass is 32.1. The number of nitrogens with one attached hydrogen (secondary N) is 1. The second kappa shape index (κ2) is 7.00. The first-order chi connectivity index (χ1) is 11.1. The summed E-state index contributed by atoms with van der Waals surface area (Å²) in [4.78, 5) is 23.9. The molecule has 1 aromatic heterocycles. The fraction of sp³-hybridized carbons (Fsp3) is 0.294. The molecular formula is C17H18FNO4S. The lowest BCUT2D eigenvalue weighted by atomic mass is 10.2. The number of esters is 1. The van der Waals surface area contributed by atoms with Crippen LogP contribution < -0.4 is 10.1 Å². The summed E-state index contributed by atoms with van der Waals surface area (Å²) in [6.07, 6.45) is -0.650. The zero-order valence-corrected chi connectivity index (χ0v) is 14.6. The second-order valence-corrected chi connectivity index (χ2v) is 7.08. The third-order valence-corrected chi connectivity index (χ3v) is 3.78. The predicted octanol–water partition coefficient (Wildman–Crippen LogP) is 4.83. The van der Waals surface area contributed by atoms with Crippen LogP contribution in [0.4, 0.5) is 14.2 Å². The van der Waals surface area contributed by atoms with Gasteiger partial charge in [-0.25, -0.2) is 9.18 Å². The largest absolute Gasteiger partial charge is 0.444 e. The molecule has 1 N–H and O–H groups in total. The normalized spacial score (nSPS) is 11.0. The number of amides is 1. The molecule has 24 heavy (non-hydrogen) atoms. The van der Waals surface area contributed by atoms with E-state index in [4.69, 9.17) is 9.47 Å². The Kier molecular flexibility index (Phi) is 5.23. The number of anilines is 1. The Labute approximate surface area is 143 Å². The van der Waals surface area contributed by atoms with Crippen molar-refractivity contribution in [2.45, 2.75) is 33.3 Å². The van der Waals surface area contributed by atoms with Crippen LogP contribution in [0.25, 0.3) is 10.4 Å². The summed E-state index contributed by atoms with van der Waals surface area (Å²) in [5, 5.41) is 2.93. The lowest BCUT2D eigenvalue weighted by molar-refractivity contribution is -0.131. The van der Waals surface area contributed by atoms with Gasteiger partial charge in [0.05, 0.1) is 0 Å². The molecular weight excluding hydrogens is 333 g/mol. The molecule has 2 aromatic rings. The van der Waals surface area contributed by atoms with Crippen molar-refractivity contribution in [3.05, 3.63) is 36.1 Å². The summed E-state index contributed by atoms with van der Waals surface area (Å²) in [7, 11) is 0.